The van der Waals surface area contributed by atoms with Crippen molar-refractivity contribution in [3.63, 3.8) is 0 Å². The first kappa shape index (κ1) is 24.3. The molecule has 0 bridgehead atoms. The number of amides is 1. The molecule has 1 aliphatic rings. The molecule has 1 amide bonds. The maximum Gasteiger partial charge on any atom is 0.407 e. The van der Waals surface area contributed by atoms with Crippen LogP contribution < -0.4 is 20.9 Å². The largest absolute Gasteiger partial charge is 0.491 e. The van der Waals surface area contributed by atoms with Crippen LogP contribution in [0.2, 0.25) is 0 Å². The summed E-state index contributed by atoms with van der Waals surface area (Å²) in [6.07, 6.45) is 3.60. The van der Waals surface area contributed by atoms with Crippen molar-refractivity contribution in [2.45, 2.75) is 57.2 Å². The fourth-order valence-electron chi connectivity index (χ4n) is 4.44. The molecule has 1 aliphatic carbocycles. The molecule has 0 aliphatic heterocycles. The third-order valence-electron chi connectivity index (χ3n) is 6.31. The highest BCUT2D eigenvalue weighted by atomic mass is 16.5. The molecular formula is C24H29N3O6. The Bertz CT molecular complexity index is 1060. The zero-order valence-corrected chi connectivity index (χ0v) is 18.6. The number of anilines is 1. The van der Waals surface area contributed by atoms with Crippen LogP contribution in [0.3, 0.4) is 0 Å². The number of benzene rings is 1. The van der Waals surface area contributed by atoms with Gasteiger partial charge in [-0.1, -0.05) is 44.2 Å². The number of carboxylic acid groups (broad SMARTS) is 1. The number of hydrogen-bond acceptors (Lipinski definition) is 7. The van der Waals surface area contributed by atoms with Crippen LogP contribution in [-0.4, -0.2) is 47.0 Å². The molecule has 1 saturated carbocycles. The Morgan fingerprint density at radius 2 is 1.88 bits per heavy atom. The number of hydrogen-bond donors (Lipinski definition) is 3. The number of carbonyl (C=O) groups is 1. The Morgan fingerprint density at radius 1 is 1.21 bits per heavy atom. The van der Waals surface area contributed by atoms with Crippen molar-refractivity contribution in [1.29, 1.82) is 5.26 Å². The van der Waals surface area contributed by atoms with Gasteiger partial charge in [0.15, 0.2) is 5.75 Å². The Kier molecular flexibility index (Phi) is 8.06. The van der Waals surface area contributed by atoms with Gasteiger partial charge >= 0.3 is 6.09 Å². The van der Waals surface area contributed by atoms with Crippen LogP contribution in [0.5, 0.6) is 5.75 Å². The summed E-state index contributed by atoms with van der Waals surface area (Å²) in [5, 5.41) is 32.6. The topological polar surface area (TPSA) is 140 Å². The lowest BCUT2D eigenvalue weighted by Crippen LogP contribution is -2.47. The van der Waals surface area contributed by atoms with E-state index >= 15 is 0 Å². The van der Waals surface area contributed by atoms with Gasteiger partial charge in [0.05, 0.1) is 37.4 Å². The van der Waals surface area contributed by atoms with E-state index in [0.29, 0.717) is 23.5 Å². The third kappa shape index (κ3) is 5.90. The van der Waals surface area contributed by atoms with Gasteiger partial charge in [0.1, 0.15) is 5.69 Å². The second-order valence-electron chi connectivity index (χ2n) is 8.60. The Morgan fingerprint density at radius 3 is 2.45 bits per heavy atom. The first-order valence-electron chi connectivity index (χ1n) is 11.1. The molecular weight excluding hydrogens is 426 g/mol. The van der Waals surface area contributed by atoms with E-state index in [-0.39, 0.29) is 24.5 Å². The molecule has 9 heteroatoms. The van der Waals surface area contributed by atoms with Gasteiger partial charge in [-0.3, -0.25) is 9.59 Å². The van der Waals surface area contributed by atoms with Gasteiger partial charge < -0.3 is 25.2 Å². The minimum Gasteiger partial charge on any atom is -0.491 e. The van der Waals surface area contributed by atoms with E-state index in [0.717, 1.165) is 30.6 Å². The lowest BCUT2D eigenvalue weighted by atomic mass is 9.83. The zero-order valence-electron chi connectivity index (χ0n) is 18.6. The molecule has 176 valence electrons. The van der Waals surface area contributed by atoms with E-state index in [2.05, 4.69) is 5.32 Å². The summed E-state index contributed by atoms with van der Waals surface area (Å²) in [6.45, 7) is -0.144. The first-order valence-corrected chi connectivity index (χ1v) is 11.1. The van der Waals surface area contributed by atoms with Gasteiger partial charge in [0, 0.05) is 6.54 Å². The molecule has 3 N–H and O–H groups in total. The van der Waals surface area contributed by atoms with E-state index in [9.17, 15) is 24.6 Å². The third-order valence-corrected chi connectivity index (χ3v) is 6.31. The van der Waals surface area contributed by atoms with Gasteiger partial charge in [0.25, 0.3) is 10.9 Å². The van der Waals surface area contributed by atoms with Crippen molar-refractivity contribution < 1.29 is 19.7 Å². The highest BCUT2D eigenvalue weighted by Crippen LogP contribution is 2.30. The molecule has 2 aromatic carbocycles. The number of rotatable bonds is 10. The summed E-state index contributed by atoms with van der Waals surface area (Å²) >= 11 is 0. The normalized spacial score (nSPS) is 16.0. The van der Waals surface area contributed by atoms with Crippen LogP contribution in [0.4, 0.5) is 10.5 Å². The molecule has 2 atom stereocenters. The molecule has 0 spiro atoms. The maximum atomic E-state index is 12.0. The van der Waals surface area contributed by atoms with Crippen molar-refractivity contribution in [1.82, 2.24) is 4.90 Å². The average molecular weight is 456 g/mol. The van der Waals surface area contributed by atoms with Crippen LogP contribution in [0.1, 0.15) is 49.7 Å². The van der Waals surface area contributed by atoms with Crippen molar-refractivity contribution in [3.05, 3.63) is 55.8 Å². The van der Waals surface area contributed by atoms with Crippen LogP contribution >= 0.6 is 0 Å². The fraction of sp³-hybridized carbons (Fsp3) is 0.500. The smallest absolute Gasteiger partial charge is 0.407 e. The summed E-state index contributed by atoms with van der Waals surface area (Å²) in [7, 11) is 1.30. The summed E-state index contributed by atoms with van der Waals surface area (Å²) in [6, 6.07) is 7.96. The fourth-order valence-corrected chi connectivity index (χ4v) is 4.44. The van der Waals surface area contributed by atoms with Gasteiger partial charge in [-0.25, -0.2) is 4.79 Å². The van der Waals surface area contributed by atoms with Crippen molar-refractivity contribution >= 4 is 11.8 Å². The standard InChI is InChI=1S/C24H29N3O6/c1-33-23-20(21(29)22(23)30)26-18(11-15-5-3-2-4-6-15)19(28)14-27(24(31)32)13-17-9-7-16(12-25)8-10-17/h7-10,15,18-19,26,28H,2-6,11,13-14H2,1H3,(H,31,32)/t18-,19+/m0/s1. The molecule has 9 nitrogen and oxygen atoms in total. The van der Waals surface area contributed by atoms with E-state index < -0.39 is 29.1 Å². The molecule has 3 rings (SSSR count). The Labute approximate surface area is 191 Å². The van der Waals surface area contributed by atoms with Gasteiger partial charge in [-0.15, -0.1) is 0 Å². The summed E-state index contributed by atoms with van der Waals surface area (Å²) < 4.78 is 5.01. The number of methoxy groups -OCH3 is 1. The molecule has 1 fully saturated rings. The molecule has 33 heavy (non-hydrogen) atoms. The zero-order chi connectivity index (χ0) is 24.0. The minimum atomic E-state index is -1.19. The summed E-state index contributed by atoms with van der Waals surface area (Å²) in [5.74, 6) is 0.272. The molecule has 0 radical (unpaired) electrons. The lowest BCUT2D eigenvalue weighted by Gasteiger charge is -2.33. The SMILES string of the molecule is COc1c(N[C@@H](CC2CCCCC2)[C@H](O)CN(Cc2ccc(C#N)cc2)C(=O)O)c(=O)c1=O. The number of nitrogens with one attached hydrogen (secondary N) is 1. The van der Waals surface area contributed by atoms with Crippen molar-refractivity contribution in [3.8, 4) is 11.8 Å². The Hall–Kier alpha value is -3.38. The van der Waals surface area contributed by atoms with E-state index in [4.69, 9.17) is 10.00 Å². The van der Waals surface area contributed by atoms with Crippen LogP contribution in [0.25, 0.3) is 0 Å². The first-order chi connectivity index (χ1) is 15.8. The second kappa shape index (κ2) is 11.0. The highest BCUT2D eigenvalue weighted by Gasteiger charge is 2.31. The average Bonchev–Trinajstić information content (AvgIpc) is 2.83. The highest BCUT2D eigenvalue weighted by molar-refractivity contribution is 5.65. The maximum absolute atomic E-state index is 12.0. The molecule has 0 unspecified atom stereocenters. The van der Waals surface area contributed by atoms with Crippen LogP contribution in [0.15, 0.2) is 33.9 Å². The quantitative estimate of drug-likeness (QED) is 0.464. The second-order valence-corrected chi connectivity index (χ2v) is 8.60. The molecule has 0 saturated heterocycles. The molecule has 0 aromatic heterocycles. The molecule has 2 aromatic rings. The summed E-state index contributed by atoms with van der Waals surface area (Å²) in [5.41, 5.74) is -0.209. The van der Waals surface area contributed by atoms with Gasteiger partial charge in [-0.2, -0.15) is 5.26 Å². The van der Waals surface area contributed by atoms with Crippen LogP contribution in [-0.2, 0) is 6.54 Å². The van der Waals surface area contributed by atoms with Crippen molar-refractivity contribution in [2.24, 2.45) is 5.92 Å². The number of aliphatic hydroxyl groups is 1. The summed E-state index contributed by atoms with van der Waals surface area (Å²) in [4.78, 5) is 36.7. The predicted molar refractivity (Wildman–Crippen MR) is 122 cm³/mol. The van der Waals surface area contributed by atoms with E-state index in [1.165, 1.54) is 13.5 Å². The van der Waals surface area contributed by atoms with Gasteiger partial charge in [-0.05, 0) is 30.0 Å². The minimum absolute atomic E-state index is 0.0383. The number of aliphatic hydroxyl groups excluding tert-OH is 1. The van der Waals surface area contributed by atoms with E-state index in [1.54, 1.807) is 24.3 Å². The number of ether oxygens (including phenoxy) is 1. The number of nitriles is 1. The van der Waals surface area contributed by atoms with Crippen LogP contribution in [0, 0.1) is 17.2 Å². The van der Waals surface area contributed by atoms with E-state index in [1.807, 2.05) is 6.07 Å². The monoisotopic (exact) mass is 455 g/mol. The predicted octanol–water partition coefficient (Wildman–Crippen LogP) is 2.45. The number of nitrogens with zero attached hydrogens (tertiary/aromatic N) is 2. The molecule has 0 heterocycles. The van der Waals surface area contributed by atoms with Crippen molar-refractivity contribution in [2.75, 3.05) is 19.0 Å². The van der Waals surface area contributed by atoms with Gasteiger partial charge in [0.2, 0.25) is 0 Å². The lowest BCUT2D eigenvalue weighted by molar-refractivity contribution is 0.0765. The Balaban J connectivity index is 1.75.